The summed E-state index contributed by atoms with van der Waals surface area (Å²) in [5, 5.41) is 0. The molecule has 0 bridgehead atoms. The van der Waals surface area contributed by atoms with Crippen LogP contribution in [0.2, 0.25) is 6.04 Å². The average molecular weight is 416 g/mol. The first-order chi connectivity index (χ1) is 13.0. The summed E-state index contributed by atoms with van der Waals surface area (Å²) in [7, 11) is -2.52. The molecular weight excluding hydrogens is 378 g/mol. The smallest absolute Gasteiger partial charge is 0.374 e. The van der Waals surface area contributed by atoms with Gasteiger partial charge in [0.05, 0.1) is 0 Å². The van der Waals surface area contributed by atoms with Crippen molar-refractivity contribution < 1.29 is 13.3 Å². The van der Waals surface area contributed by atoms with Gasteiger partial charge in [-0.25, -0.2) is 0 Å². The molecule has 0 saturated carbocycles. The predicted molar refractivity (Wildman–Crippen MR) is 116 cm³/mol. The van der Waals surface area contributed by atoms with Crippen LogP contribution in [0.5, 0.6) is 0 Å². The van der Waals surface area contributed by atoms with Gasteiger partial charge in [-0.2, -0.15) is 11.8 Å². The topological polar surface area (TPSA) is 49.7 Å². The second-order valence-corrected chi connectivity index (χ2v) is 10.7. The molecule has 1 rings (SSSR count). The summed E-state index contributed by atoms with van der Waals surface area (Å²) in [5.41, 5.74) is 1.29. The first kappa shape index (κ1) is 24.4. The van der Waals surface area contributed by atoms with E-state index in [1.165, 1.54) is 5.56 Å². The Balaban J connectivity index is 2.48. The number of hydrogen-bond donors (Lipinski definition) is 0. The first-order valence-corrected chi connectivity index (χ1v) is 13.2. The third-order valence-electron chi connectivity index (χ3n) is 4.13. The van der Waals surface area contributed by atoms with E-state index in [1.807, 2.05) is 49.4 Å². The van der Waals surface area contributed by atoms with Gasteiger partial charge in [0, 0.05) is 50.4 Å². The largest absolute Gasteiger partial charge is 0.500 e. The lowest BCUT2D eigenvalue weighted by Gasteiger charge is -2.28. The van der Waals surface area contributed by atoms with Crippen LogP contribution in [0.15, 0.2) is 23.1 Å². The standard InChI is InChI=1S/C20H37NO4SSi/c1-6-23-27(24-7-2,25-8-3)15-9-14-26-17-19-10-11-20(22)21(16-19)13-12-18(4)5/h10-11,16,18H,6-9,12-15,17H2,1-5H3. The summed E-state index contributed by atoms with van der Waals surface area (Å²) >= 11 is 1.88. The Morgan fingerprint density at radius 1 is 1.07 bits per heavy atom. The zero-order valence-corrected chi connectivity index (χ0v) is 19.5. The van der Waals surface area contributed by atoms with Crippen LogP contribution in [-0.4, -0.2) is 38.9 Å². The van der Waals surface area contributed by atoms with Gasteiger partial charge in [-0.1, -0.05) is 19.9 Å². The SMILES string of the molecule is CCO[Si](CCCSCc1ccc(=O)n(CCC(C)C)c1)(OCC)OCC. The van der Waals surface area contributed by atoms with Gasteiger partial charge in [-0.05, 0) is 50.8 Å². The van der Waals surface area contributed by atoms with Crippen LogP contribution in [0, 0.1) is 5.92 Å². The summed E-state index contributed by atoms with van der Waals surface area (Å²) < 4.78 is 19.5. The zero-order valence-electron chi connectivity index (χ0n) is 17.7. The van der Waals surface area contributed by atoms with E-state index >= 15 is 0 Å². The molecule has 1 aromatic heterocycles. The molecule has 1 heterocycles. The van der Waals surface area contributed by atoms with Crippen LogP contribution >= 0.6 is 11.8 Å². The molecule has 5 nitrogen and oxygen atoms in total. The molecule has 0 unspecified atom stereocenters. The van der Waals surface area contributed by atoms with Crippen molar-refractivity contribution in [1.29, 1.82) is 0 Å². The van der Waals surface area contributed by atoms with Gasteiger partial charge in [-0.3, -0.25) is 4.79 Å². The van der Waals surface area contributed by atoms with Crippen molar-refractivity contribution in [2.24, 2.45) is 5.92 Å². The maximum absolute atomic E-state index is 12.0. The lowest BCUT2D eigenvalue weighted by Crippen LogP contribution is -2.46. The molecule has 0 amide bonds. The molecule has 0 radical (unpaired) electrons. The summed E-state index contributed by atoms with van der Waals surface area (Å²) in [6.45, 7) is 13.0. The molecule has 0 saturated heterocycles. The van der Waals surface area contributed by atoms with Gasteiger partial charge in [-0.15, -0.1) is 0 Å². The highest BCUT2D eigenvalue weighted by atomic mass is 32.2. The van der Waals surface area contributed by atoms with Gasteiger partial charge in [0.2, 0.25) is 0 Å². The Morgan fingerprint density at radius 3 is 2.26 bits per heavy atom. The molecule has 1 aromatic rings. The number of aromatic nitrogens is 1. The third-order valence-corrected chi connectivity index (χ3v) is 8.39. The fourth-order valence-corrected chi connectivity index (χ4v) is 6.59. The summed E-state index contributed by atoms with van der Waals surface area (Å²) in [6.07, 6.45) is 4.04. The second-order valence-electron chi connectivity index (χ2n) is 6.89. The highest BCUT2D eigenvalue weighted by molar-refractivity contribution is 7.98. The van der Waals surface area contributed by atoms with Crippen molar-refractivity contribution in [2.75, 3.05) is 25.6 Å². The molecule has 0 aliphatic rings. The Bertz CT molecular complexity index is 562. The van der Waals surface area contributed by atoms with Crippen molar-refractivity contribution in [3.8, 4) is 0 Å². The third kappa shape index (κ3) is 9.43. The van der Waals surface area contributed by atoms with Gasteiger partial charge in [0.1, 0.15) is 0 Å². The fourth-order valence-electron chi connectivity index (χ4n) is 2.82. The predicted octanol–water partition coefficient (Wildman–Crippen LogP) is 4.57. The molecule has 156 valence electrons. The Morgan fingerprint density at radius 2 is 1.70 bits per heavy atom. The molecule has 0 aromatic carbocycles. The monoisotopic (exact) mass is 415 g/mol. The molecule has 0 atom stereocenters. The quantitative estimate of drug-likeness (QED) is 0.310. The van der Waals surface area contributed by atoms with Crippen molar-refractivity contribution in [1.82, 2.24) is 4.57 Å². The zero-order chi connectivity index (χ0) is 20.1. The van der Waals surface area contributed by atoms with E-state index in [2.05, 4.69) is 13.8 Å². The second kappa shape index (κ2) is 13.6. The average Bonchev–Trinajstić information content (AvgIpc) is 2.62. The van der Waals surface area contributed by atoms with Gasteiger partial charge in [0.15, 0.2) is 0 Å². The van der Waals surface area contributed by atoms with Crippen LogP contribution in [0.25, 0.3) is 0 Å². The summed E-state index contributed by atoms with van der Waals surface area (Å²) in [6, 6.07) is 4.48. The van der Waals surface area contributed by atoms with E-state index in [1.54, 1.807) is 6.07 Å². The van der Waals surface area contributed by atoms with Crippen molar-refractivity contribution in [3.63, 3.8) is 0 Å². The number of aryl methyl sites for hydroxylation is 1. The van der Waals surface area contributed by atoms with E-state index in [9.17, 15) is 4.79 Å². The highest BCUT2D eigenvalue weighted by Crippen LogP contribution is 2.21. The summed E-state index contributed by atoms with van der Waals surface area (Å²) in [5.74, 6) is 2.53. The van der Waals surface area contributed by atoms with E-state index in [0.29, 0.717) is 25.7 Å². The number of nitrogens with zero attached hydrogens (tertiary/aromatic N) is 1. The molecule has 7 heteroatoms. The normalized spacial score (nSPS) is 12.1. The van der Waals surface area contributed by atoms with E-state index in [4.69, 9.17) is 13.3 Å². The fraction of sp³-hybridized carbons (Fsp3) is 0.750. The number of rotatable bonds is 15. The van der Waals surface area contributed by atoms with Gasteiger partial charge < -0.3 is 17.8 Å². The van der Waals surface area contributed by atoms with Gasteiger partial charge >= 0.3 is 8.80 Å². The highest BCUT2D eigenvalue weighted by Gasteiger charge is 2.39. The van der Waals surface area contributed by atoms with Crippen LogP contribution in [0.3, 0.4) is 0 Å². The Labute approximate surface area is 170 Å². The molecule has 0 aliphatic carbocycles. The van der Waals surface area contributed by atoms with Gasteiger partial charge in [0.25, 0.3) is 5.56 Å². The number of hydrogen-bond acceptors (Lipinski definition) is 5. The molecule has 27 heavy (non-hydrogen) atoms. The van der Waals surface area contributed by atoms with Crippen LogP contribution in [0.4, 0.5) is 0 Å². The minimum Gasteiger partial charge on any atom is -0.374 e. The molecular formula is C20H37NO4SSi. The van der Waals surface area contributed by atoms with Crippen LogP contribution in [-0.2, 0) is 25.6 Å². The first-order valence-electron chi connectivity index (χ1n) is 10.1. The Kier molecular flexibility index (Phi) is 12.3. The number of thioether (sulfide) groups is 1. The maximum Gasteiger partial charge on any atom is 0.500 e. The van der Waals surface area contributed by atoms with Crippen molar-refractivity contribution >= 4 is 20.6 Å². The number of pyridine rings is 1. The van der Waals surface area contributed by atoms with Crippen LogP contribution in [0.1, 0.15) is 53.0 Å². The molecule has 0 fully saturated rings. The van der Waals surface area contributed by atoms with E-state index in [0.717, 1.165) is 36.9 Å². The van der Waals surface area contributed by atoms with E-state index < -0.39 is 8.80 Å². The summed E-state index contributed by atoms with van der Waals surface area (Å²) in [4.78, 5) is 12.0. The molecule has 0 N–H and O–H groups in total. The van der Waals surface area contributed by atoms with Crippen molar-refractivity contribution in [2.45, 2.75) is 65.8 Å². The molecule has 0 spiro atoms. The van der Waals surface area contributed by atoms with E-state index in [-0.39, 0.29) is 5.56 Å². The minimum atomic E-state index is -2.52. The minimum absolute atomic E-state index is 0.0883. The molecule has 0 aliphatic heterocycles. The lowest BCUT2D eigenvalue weighted by atomic mass is 10.1. The Hall–Kier alpha value is -0.603. The maximum atomic E-state index is 12.0. The van der Waals surface area contributed by atoms with Crippen molar-refractivity contribution in [3.05, 3.63) is 34.2 Å². The lowest BCUT2D eigenvalue weighted by molar-refractivity contribution is 0.0712. The van der Waals surface area contributed by atoms with Crippen LogP contribution < -0.4 is 5.56 Å².